The van der Waals surface area contributed by atoms with Crippen LogP contribution >= 0.6 is 0 Å². The molecule has 1 aliphatic heterocycles. The van der Waals surface area contributed by atoms with Crippen molar-refractivity contribution in [3.8, 4) is 0 Å². The quantitative estimate of drug-likeness (QED) is 0.0265. The number of nitrogens with one attached hydrogen (secondary N) is 6. The van der Waals surface area contributed by atoms with Gasteiger partial charge in [-0.05, 0) is 86.2 Å². The summed E-state index contributed by atoms with van der Waals surface area (Å²) in [7, 11) is -0.925. The third kappa shape index (κ3) is 20.0. The summed E-state index contributed by atoms with van der Waals surface area (Å²) < 4.78 is 29.0. The van der Waals surface area contributed by atoms with Gasteiger partial charge in [0.15, 0.2) is 0 Å². The van der Waals surface area contributed by atoms with Crippen LogP contribution in [0.3, 0.4) is 0 Å². The summed E-state index contributed by atoms with van der Waals surface area (Å²) >= 11 is 0. The standard InChI is InChI=1S/C60H85N9O10S/c1-40(2)48(68(10)58(77)53(59(4,5)6)66-57(76)52(62-9)60(7,8)45-24-16-12-17-25-45)36-41(3)54(73)67-80(78,79)39-44-30-28-43(29-31-44)38-63-55(74)46(26-19-20-34-61)65-56(75)47(37-42-22-14-11-15-23-42)64-49(70)27-18-13-21-35-69-50(71)32-33-51(69)72/h11-12,14-17,22-25,28-33,36,40,46-48,52-53,62H,13,18-21,26-27,34-35,37-39,61H2,1-10H3,(H,63,74)(H,64,70)(H,65,75)(H,66,76)(H,67,73)/b41-36+/t46-,47-,48+,52+,53+/m0/s1. The van der Waals surface area contributed by atoms with Gasteiger partial charge in [0.05, 0.1) is 17.8 Å². The maximum Gasteiger partial charge on any atom is 0.260 e. The van der Waals surface area contributed by atoms with E-state index >= 15 is 0 Å². The highest BCUT2D eigenvalue weighted by Crippen LogP contribution is 2.29. The number of carbonyl (C=O) groups excluding carboxylic acids is 8. The molecule has 0 radical (unpaired) electrons. The van der Waals surface area contributed by atoms with Crippen LogP contribution in [0.15, 0.2) is 109 Å². The molecule has 5 atom stereocenters. The Hall–Kier alpha value is -7.03. The molecule has 0 aliphatic carbocycles. The molecule has 3 aromatic rings. The molecule has 1 aliphatic rings. The van der Waals surface area contributed by atoms with E-state index in [1.807, 2.05) is 109 Å². The molecule has 0 aromatic heterocycles. The van der Waals surface area contributed by atoms with Gasteiger partial charge in [0.1, 0.15) is 18.1 Å². The number of carbonyl (C=O) groups is 8. The number of likely N-dealkylation sites (N-methyl/N-ethyl adjacent to an activating group) is 2. The Morgan fingerprint density at radius 2 is 1.30 bits per heavy atom. The maximum atomic E-state index is 14.4. The molecule has 0 spiro atoms. The van der Waals surface area contributed by atoms with Gasteiger partial charge in [-0.3, -0.25) is 43.3 Å². The first-order valence-corrected chi connectivity index (χ1v) is 29.1. The number of sulfonamides is 1. The molecular weight excluding hydrogens is 1040 g/mol. The van der Waals surface area contributed by atoms with Gasteiger partial charge in [-0.25, -0.2) is 13.1 Å². The van der Waals surface area contributed by atoms with Gasteiger partial charge in [-0.2, -0.15) is 0 Å². The number of hydrogen-bond donors (Lipinski definition) is 7. The zero-order valence-corrected chi connectivity index (χ0v) is 49.0. The monoisotopic (exact) mass is 1120 g/mol. The van der Waals surface area contributed by atoms with Gasteiger partial charge in [-0.15, -0.1) is 0 Å². The van der Waals surface area contributed by atoms with Crippen LogP contribution in [0.4, 0.5) is 0 Å². The Bertz CT molecular complexity index is 2760. The van der Waals surface area contributed by atoms with E-state index < -0.39 is 74.5 Å². The minimum Gasteiger partial charge on any atom is -0.350 e. The smallest absolute Gasteiger partial charge is 0.260 e. The third-order valence-electron chi connectivity index (χ3n) is 14.2. The number of benzene rings is 3. The molecule has 4 rings (SSSR count). The van der Waals surface area contributed by atoms with Crippen LogP contribution in [0, 0.1) is 11.3 Å². The molecule has 0 fully saturated rings. The highest BCUT2D eigenvalue weighted by molar-refractivity contribution is 7.89. The topological polar surface area (TPSA) is 275 Å². The summed E-state index contributed by atoms with van der Waals surface area (Å²) in [6.07, 6.45) is 7.24. The van der Waals surface area contributed by atoms with Crippen LogP contribution in [-0.4, -0.2) is 123 Å². The number of amides is 8. The first-order chi connectivity index (χ1) is 37.7. The van der Waals surface area contributed by atoms with Crippen molar-refractivity contribution in [2.45, 2.75) is 155 Å². The third-order valence-corrected chi connectivity index (χ3v) is 15.5. The number of nitrogens with two attached hydrogens (primary N) is 1. The Labute approximate surface area is 473 Å². The maximum absolute atomic E-state index is 14.4. The molecule has 0 unspecified atom stereocenters. The van der Waals surface area contributed by atoms with Crippen molar-refractivity contribution in [3.05, 3.63) is 131 Å². The lowest BCUT2D eigenvalue weighted by Crippen LogP contribution is -2.61. The summed E-state index contributed by atoms with van der Waals surface area (Å²) in [4.78, 5) is 109. The second kappa shape index (κ2) is 30.5. The predicted molar refractivity (Wildman–Crippen MR) is 309 cm³/mol. The van der Waals surface area contributed by atoms with E-state index in [2.05, 4.69) is 31.3 Å². The summed E-state index contributed by atoms with van der Waals surface area (Å²) in [5.74, 6) is -4.46. The molecular formula is C60H85N9O10S. The minimum atomic E-state index is -4.23. The fraction of sp³-hybridized carbons (Fsp3) is 0.500. The minimum absolute atomic E-state index is 0.0381. The molecule has 19 nitrogen and oxygen atoms in total. The van der Waals surface area contributed by atoms with Crippen molar-refractivity contribution in [1.29, 1.82) is 0 Å². The van der Waals surface area contributed by atoms with Gasteiger partial charge in [0.2, 0.25) is 39.6 Å². The van der Waals surface area contributed by atoms with Gasteiger partial charge in [-0.1, -0.05) is 146 Å². The number of imide groups is 1. The van der Waals surface area contributed by atoms with E-state index in [0.717, 1.165) is 16.0 Å². The zero-order valence-electron chi connectivity index (χ0n) is 48.2. The normalized spacial score (nSPS) is 14.9. The van der Waals surface area contributed by atoms with Crippen molar-refractivity contribution in [2.75, 3.05) is 27.2 Å². The van der Waals surface area contributed by atoms with E-state index in [0.29, 0.717) is 49.8 Å². The van der Waals surface area contributed by atoms with Gasteiger partial charge in [0, 0.05) is 56.1 Å². The lowest BCUT2D eigenvalue weighted by atomic mass is 9.76. The molecule has 0 bridgehead atoms. The molecule has 8 N–H and O–H groups in total. The molecule has 20 heteroatoms. The van der Waals surface area contributed by atoms with Crippen molar-refractivity contribution >= 4 is 57.3 Å². The van der Waals surface area contributed by atoms with Crippen molar-refractivity contribution in [1.82, 2.24) is 41.1 Å². The first kappa shape index (κ1) is 65.5. The highest BCUT2D eigenvalue weighted by atomic mass is 32.2. The number of nitrogens with zero attached hydrogens (tertiary/aromatic N) is 2. The fourth-order valence-electron chi connectivity index (χ4n) is 9.45. The van der Waals surface area contributed by atoms with Gasteiger partial charge < -0.3 is 37.2 Å². The van der Waals surface area contributed by atoms with Gasteiger partial charge in [0.25, 0.3) is 17.7 Å². The summed E-state index contributed by atoms with van der Waals surface area (Å²) in [5, 5.41) is 14.7. The Kier molecular flexibility index (Phi) is 25.0. The average Bonchev–Trinajstić information content (AvgIpc) is 3.79. The molecule has 0 saturated carbocycles. The lowest BCUT2D eigenvalue weighted by molar-refractivity contribution is -0.141. The average molecular weight is 1120 g/mol. The fourth-order valence-corrected chi connectivity index (χ4v) is 10.6. The summed E-state index contributed by atoms with van der Waals surface area (Å²) in [6.45, 7) is 15.4. The van der Waals surface area contributed by atoms with Crippen LogP contribution in [0.5, 0.6) is 0 Å². The molecule has 8 amide bonds. The number of rotatable bonds is 31. The number of hydrogen-bond acceptors (Lipinski definition) is 12. The van der Waals surface area contributed by atoms with E-state index in [9.17, 15) is 46.8 Å². The van der Waals surface area contributed by atoms with Crippen molar-refractivity contribution in [2.24, 2.45) is 17.1 Å². The summed E-state index contributed by atoms with van der Waals surface area (Å²) in [6, 6.07) is 20.9. The molecule has 1 heterocycles. The second-order valence-electron chi connectivity index (χ2n) is 22.5. The van der Waals surface area contributed by atoms with Crippen LogP contribution < -0.4 is 37.0 Å². The molecule has 3 aromatic carbocycles. The van der Waals surface area contributed by atoms with Crippen LogP contribution in [0.25, 0.3) is 0 Å². The van der Waals surface area contributed by atoms with E-state index in [1.165, 1.54) is 24.0 Å². The zero-order chi connectivity index (χ0) is 59.4. The Morgan fingerprint density at radius 1 is 0.700 bits per heavy atom. The number of unbranched alkanes of at least 4 members (excludes halogenated alkanes) is 3. The highest BCUT2D eigenvalue weighted by Gasteiger charge is 2.42. The Morgan fingerprint density at radius 3 is 1.88 bits per heavy atom. The molecule has 0 saturated heterocycles. The summed E-state index contributed by atoms with van der Waals surface area (Å²) in [5.41, 5.74) is 7.19. The van der Waals surface area contributed by atoms with Crippen molar-refractivity contribution in [3.63, 3.8) is 0 Å². The largest absolute Gasteiger partial charge is 0.350 e. The SMILES string of the molecule is CN[C@H](C(=O)N[C@H](C(=O)N(C)[C@H](/C=C(\C)C(=O)NS(=O)(=O)Cc1ccc(CNC(=O)[C@H](CCCCN)NC(=O)[C@H](Cc2ccccc2)NC(=O)CCCCCN2C(=O)C=CC2=O)cc1)C(C)C)C(C)(C)C)C(C)(C)c1ccccc1. The van der Waals surface area contributed by atoms with E-state index in [-0.39, 0.29) is 73.4 Å². The van der Waals surface area contributed by atoms with E-state index in [1.54, 1.807) is 44.4 Å². The second-order valence-corrected chi connectivity index (χ2v) is 24.2. The van der Waals surface area contributed by atoms with Crippen LogP contribution in [0.1, 0.15) is 123 Å². The Balaban J connectivity index is 1.36. The van der Waals surface area contributed by atoms with E-state index in [4.69, 9.17) is 5.73 Å². The predicted octanol–water partition coefficient (Wildman–Crippen LogP) is 4.60. The molecule has 436 valence electrons. The van der Waals surface area contributed by atoms with Crippen LogP contribution in [0.2, 0.25) is 0 Å². The van der Waals surface area contributed by atoms with Crippen molar-refractivity contribution < 1.29 is 46.8 Å². The first-order valence-electron chi connectivity index (χ1n) is 27.4. The lowest BCUT2D eigenvalue weighted by Gasteiger charge is -2.40. The molecule has 80 heavy (non-hydrogen) atoms. The van der Waals surface area contributed by atoms with Crippen LogP contribution in [-0.2, 0) is 72.5 Å². The van der Waals surface area contributed by atoms with Gasteiger partial charge >= 0.3 is 0 Å².